The van der Waals surface area contributed by atoms with Gasteiger partial charge in [-0.15, -0.1) is 0 Å². The van der Waals surface area contributed by atoms with E-state index in [0.29, 0.717) is 11.5 Å². The van der Waals surface area contributed by atoms with E-state index in [4.69, 9.17) is 15.6 Å². The fraction of sp³-hybridized carbons (Fsp3) is 0.333. The van der Waals surface area contributed by atoms with E-state index in [1.807, 2.05) is 0 Å². The Morgan fingerprint density at radius 2 is 2.33 bits per heavy atom. The molecule has 2 aromatic rings. The van der Waals surface area contributed by atoms with Crippen molar-refractivity contribution >= 4 is 5.65 Å². The van der Waals surface area contributed by atoms with Crippen LogP contribution in [0, 0.1) is 0 Å². The van der Waals surface area contributed by atoms with Gasteiger partial charge in [-0.25, -0.2) is 9.97 Å². The normalized spacial score (nSPS) is 13.0. The Kier molecular flexibility index (Phi) is 2.53. The number of hydrogen-bond donors (Lipinski definition) is 2. The number of rotatable bonds is 3. The molecule has 0 aliphatic carbocycles. The highest BCUT2D eigenvalue weighted by atomic mass is 16.5. The molecule has 15 heavy (non-hydrogen) atoms. The van der Waals surface area contributed by atoms with Crippen molar-refractivity contribution in [2.24, 2.45) is 5.73 Å². The van der Waals surface area contributed by atoms with E-state index in [1.54, 1.807) is 23.0 Å². The standard InChI is InChI=1S/C9H12N4O2/c1-15-9-4-13-7(6(10)5-14)2-11-8(13)3-12-9/h2-4,6,14H,5,10H2,1H3. The van der Waals surface area contributed by atoms with Crippen LogP contribution >= 0.6 is 0 Å². The zero-order valence-electron chi connectivity index (χ0n) is 8.29. The summed E-state index contributed by atoms with van der Waals surface area (Å²) in [5.41, 5.74) is 7.13. The van der Waals surface area contributed by atoms with Gasteiger partial charge in [0, 0.05) is 0 Å². The average Bonchev–Trinajstić information content (AvgIpc) is 2.70. The molecule has 3 N–H and O–H groups in total. The highest BCUT2D eigenvalue weighted by Gasteiger charge is 2.11. The third-order valence-electron chi connectivity index (χ3n) is 2.19. The van der Waals surface area contributed by atoms with Crippen molar-refractivity contribution in [2.45, 2.75) is 6.04 Å². The molecule has 1 unspecified atom stereocenters. The molecule has 0 saturated carbocycles. The van der Waals surface area contributed by atoms with Crippen LogP contribution in [-0.2, 0) is 0 Å². The number of nitrogens with zero attached hydrogens (tertiary/aromatic N) is 3. The minimum atomic E-state index is -0.452. The third kappa shape index (κ3) is 1.64. The predicted molar refractivity (Wildman–Crippen MR) is 53.6 cm³/mol. The van der Waals surface area contributed by atoms with Crippen LogP contribution in [0.4, 0.5) is 0 Å². The van der Waals surface area contributed by atoms with E-state index in [2.05, 4.69) is 9.97 Å². The van der Waals surface area contributed by atoms with E-state index >= 15 is 0 Å². The molecule has 0 saturated heterocycles. The van der Waals surface area contributed by atoms with Crippen LogP contribution in [0.25, 0.3) is 5.65 Å². The number of ether oxygens (including phenoxy) is 1. The Morgan fingerprint density at radius 1 is 1.53 bits per heavy atom. The van der Waals surface area contributed by atoms with Crippen molar-refractivity contribution in [3.8, 4) is 5.88 Å². The minimum Gasteiger partial charge on any atom is -0.480 e. The van der Waals surface area contributed by atoms with Crippen LogP contribution in [0.2, 0.25) is 0 Å². The first-order chi connectivity index (χ1) is 7.26. The van der Waals surface area contributed by atoms with Gasteiger partial charge in [0.15, 0.2) is 5.65 Å². The molecular formula is C9H12N4O2. The summed E-state index contributed by atoms with van der Waals surface area (Å²) in [5.74, 6) is 0.479. The summed E-state index contributed by atoms with van der Waals surface area (Å²) < 4.78 is 6.75. The van der Waals surface area contributed by atoms with Crippen molar-refractivity contribution in [1.82, 2.24) is 14.4 Å². The second-order valence-corrected chi connectivity index (χ2v) is 3.13. The molecular weight excluding hydrogens is 196 g/mol. The smallest absolute Gasteiger partial charge is 0.230 e. The Bertz CT molecular complexity index is 468. The van der Waals surface area contributed by atoms with E-state index in [9.17, 15) is 0 Å². The largest absolute Gasteiger partial charge is 0.480 e. The Labute approximate surface area is 86.3 Å². The number of imidazole rings is 1. The van der Waals surface area contributed by atoms with Gasteiger partial charge >= 0.3 is 0 Å². The highest BCUT2D eigenvalue weighted by Crippen LogP contribution is 2.15. The van der Waals surface area contributed by atoms with Gasteiger partial charge < -0.3 is 15.6 Å². The van der Waals surface area contributed by atoms with Crippen molar-refractivity contribution in [3.63, 3.8) is 0 Å². The maximum absolute atomic E-state index is 8.98. The topological polar surface area (TPSA) is 85.7 Å². The molecule has 0 aliphatic rings. The third-order valence-corrected chi connectivity index (χ3v) is 2.19. The van der Waals surface area contributed by atoms with Gasteiger partial charge in [-0.1, -0.05) is 0 Å². The molecule has 80 valence electrons. The molecule has 2 heterocycles. The van der Waals surface area contributed by atoms with Crippen LogP contribution in [0.15, 0.2) is 18.6 Å². The van der Waals surface area contributed by atoms with Gasteiger partial charge in [-0.05, 0) is 0 Å². The lowest BCUT2D eigenvalue weighted by atomic mass is 10.2. The average molecular weight is 208 g/mol. The van der Waals surface area contributed by atoms with Gasteiger partial charge in [-0.3, -0.25) is 4.40 Å². The maximum Gasteiger partial charge on any atom is 0.230 e. The summed E-state index contributed by atoms with van der Waals surface area (Å²) in [6, 6.07) is -0.452. The van der Waals surface area contributed by atoms with Gasteiger partial charge in [-0.2, -0.15) is 0 Å². The number of methoxy groups -OCH3 is 1. The molecule has 6 heteroatoms. The van der Waals surface area contributed by atoms with Crippen LogP contribution in [0.1, 0.15) is 11.7 Å². The monoisotopic (exact) mass is 208 g/mol. The molecule has 0 bridgehead atoms. The molecule has 0 aliphatic heterocycles. The quantitative estimate of drug-likeness (QED) is 0.725. The molecule has 0 spiro atoms. The van der Waals surface area contributed by atoms with Crippen LogP contribution in [0.3, 0.4) is 0 Å². The van der Waals surface area contributed by atoms with Crippen molar-refractivity contribution in [2.75, 3.05) is 13.7 Å². The predicted octanol–water partition coefficient (Wildman–Crippen LogP) is -0.270. The summed E-state index contributed by atoms with van der Waals surface area (Å²) in [7, 11) is 1.54. The highest BCUT2D eigenvalue weighted by molar-refractivity contribution is 5.39. The first kappa shape index (κ1) is 9.88. The summed E-state index contributed by atoms with van der Waals surface area (Å²) in [6.45, 7) is -0.127. The zero-order chi connectivity index (χ0) is 10.8. The van der Waals surface area contributed by atoms with Crippen LogP contribution < -0.4 is 10.5 Å². The van der Waals surface area contributed by atoms with E-state index < -0.39 is 6.04 Å². The van der Waals surface area contributed by atoms with Crippen molar-refractivity contribution in [1.29, 1.82) is 0 Å². The fourth-order valence-corrected chi connectivity index (χ4v) is 1.36. The SMILES string of the molecule is COc1cn2c(C(N)CO)cnc2cn1. The Balaban J connectivity index is 2.56. The second kappa shape index (κ2) is 3.84. The summed E-state index contributed by atoms with van der Waals surface area (Å²) in [5, 5.41) is 8.98. The molecule has 0 amide bonds. The van der Waals surface area contributed by atoms with E-state index in [-0.39, 0.29) is 6.61 Å². The van der Waals surface area contributed by atoms with Gasteiger partial charge in [0.1, 0.15) is 0 Å². The second-order valence-electron chi connectivity index (χ2n) is 3.13. The zero-order valence-corrected chi connectivity index (χ0v) is 8.29. The lowest BCUT2D eigenvalue weighted by molar-refractivity contribution is 0.265. The molecule has 2 rings (SSSR count). The number of hydrogen-bond acceptors (Lipinski definition) is 5. The van der Waals surface area contributed by atoms with Crippen molar-refractivity contribution < 1.29 is 9.84 Å². The number of aliphatic hydroxyl groups is 1. The molecule has 2 aromatic heterocycles. The summed E-state index contributed by atoms with van der Waals surface area (Å²) >= 11 is 0. The number of aromatic nitrogens is 3. The fourth-order valence-electron chi connectivity index (χ4n) is 1.36. The summed E-state index contributed by atoms with van der Waals surface area (Å²) in [4.78, 5) is 8.13. The Morgan fingerprint density at radius 3 is 3.00 bits per heavy atom. The molecule has 0 fully saturated rings. The van der Waals surface area contributed by atoms with Crippen LogP contribution in [-0.4, -0.2) is 33.2 Å². The first-order valence-corrected chi connectivity index (χ1v) is 4.49. The number of fused-ring (bicyclic) bond motifs is 1. The molecule has 0 radical (unpaired) electrons. The minimum absolute atomic E-state index is 0.127. The van der Waals surface area contributed by atoms with Crippen LogP contribution in [0.5, 0.6) is 5.88 Å². The van der Waals surface area contributed by atoms with Crippen molar-refractivity contribution in [3.05, 3.63) is 24.3 Å². The van der Waals surface area contributed by atoms with E-state index in [0.717, 1.165) is 5.69 Å². The van der Waals surface area contributed by atoms with Gasteiger partial charge in [0.2, 0.25) is 5.88 Å². The summed E-state index contributed by atoms with van der Waals surface area (Å²) in [6.07, 6.45) is 4.90. The first-order valence-electron chi connectivity index (χ1n) is 4.49. The number of aliphatic hydroxyl groups excluding tert-OH is 1. The molecule has 0 aromatic carbocycles. The Hall–Kier alpha value is -1.66. The lowest BCUT2D eigenvalue weighted by Gasteiger charge is -2.07. The van der Waals surface area contributed by atoms with Gasteiger partial charge in [0.05, 0.1) is 44.0 Å². The molecule has 1 atom stereocenters. The number of nitrogens with two attached hydrogens (primary N) is 1. The maximum atomic E-state index is 8.98. The lowest BCUT2D eigenvalue weighted by Crippen LogP contribution is -2.16. The molecule has 6 nitrogen and oxygen atoms in total. The van der Waals surface area contributed by atoms with Gasteiger partial charge in [0.25, 0.3) is 0 Å². The van der Waals surface area contributed by atoms with E-state index in [1.165, 1.54) is 7.11 Å².